The van der Waals surface area contributed by atoms with E-state index in [2.05, 4.69) is 42.4 Å². The molecule has 0 amide bonds. The molecule has 21 heavy (non-hydrogen) atoms. The first-order chi connectivity index (χ1) is 10.1. The van der Waals surface area contributed by atoms with Crippen molar-refractivity contribution < 1.29 is 0 Å². The van der Waals surface area contributed by atoms with Gasteiger partial charge in [-0.2, -0.15) is 0 Å². The Morgan fingerprint density at radius 2 is 1.90 bits per heavy atom. The van der Waals surface area contributed by atoms with Crippen LogP contribution in [0.15, 0.2) is 18.2 Å². The van der Waals surface area contributed by atoms with Gasteiger partial charge >= 0.3 is 0 Å². The quantitative estimate of drug-likeness (QED) is 0.620. The monoisotopic (exact) mass is 309 g/mol. The lowest BCUT2D eigenvalue weighted by Crippen LogP contribution is -2.56. The maximum Gasteiger partial charge on any atom is 0.0644 e. The van der Waals surface area contributed by atoms with Crippen LogP contribution in [-0.2, 0) is 0 Å². The Balaban J connectivity index is 2.42. The van der Waals surface area contributed by atoms with Crippen LogP contribution in [-0.4, -0.2) is 23.5 Å². The van der Waals surface area contributed by atoms with Gasteiger partial charge in [-0.05, 0) is 50.0 Å². The SMILES string of the molecule is CCN(CC)C1(C(NN)c2ccc(C)c(Cl)c2)CCCC1. The number of nitrogens with one attached hydrogen (secondary N) is 1. The van der Waals surface area contributed by atoms with Gasteiger partial charge in [-0.15, -0.1) is 0 Å². The van der Waals surface area contributed by atoms with Crippen molar-refractivity contribution in [3.05, 3.63) is 34.3 Å². The predicted molar refractivity (Wildman–Crippen MR) is 90.4 cm³/mol. The summed E-state index contributed by atoms with van der Waals surface area (Å²) in [5.41, 5.74) is 5.51. The summed E-state index contributed by atoms with van der Waals surface area (Å²) in [7, 11) is 0. The second-order valence-electron chi connectivity index (χ2n) is 6.09. The van der Waals surface area contributed by atoms with Crippen molar-refractivity contribution in [1.29, 1.82) is 0 Å². The fourth-order valence-electron chi connectivity index (χ4n) is 3.98. The Kier molecular flexibility index (Phi) is 5.67. The van der Waals surface area contributed by atoms with Crippen LogP contribution in [0.2, 0.25) is 5.02 Å². The van der Waals surface area contributed by atoms with Gasteiger partial charge in [0.2, 0.25) is 0 Å². The first kappa shape index (κ1) is 16.8. The lowest BCUT2D eigenvalue weighted by molar-refractivity contribution is 0.0626. The second-order valence-corrected chi connectivity index (χ2v) is 6.50. The van der Waals surface area contributed by atoms with E-state index in [1.807, 2.05) is 6.92 Å². The van der Waals surface area contributed by atoms with Crippen LogP contribution in [0, 0.1) is 6.92 Å². The molecule has 0 radical (unpaired) electrons. The number of hydrogen-bond donors (Lipinski definition) is 2. The molecule has 0 aliphatic heterocycles. The maximum atomic E-state index is 6.33. The smallest absolute Gasteiger partial charge is 0.0644 e. The van der Waals surface area contributed by atoms with Crippen molar-refractivity contribution >= 4 is 11.6 Å². The van der Waals surface area contributed by atoms with E-state index < -0.39 is 0 Å². The molecule has 0 aromatic heterocycles. The molecule has 1 aromatic rings. The Morgan fingerprint density at radius 1 is 1.29 bits per heavy atom. The summed E-state index contributed by atoms with van der Waals surface area (Å²) in [6.45, 7) is 8.60. The highest BCUT2D eigenvalue weighted by atomic mass is 35.5. The zero-order chi connectivity index (χ0) is 15.5. The Hall–Kier alpha value is -0.610. The van der Waals surface area contributed by atoms with Crippen LogP contribution in [0.1, 0.15) is 56.7 Å². The highest BCUT2D eigenvalue weighted by Gasteiger charge is 2.45. The number of hydrazine groups is 1. The van der Waals surface area contributed by atoms with E-state index in [9.17, 15) is 0 Å². The average Bonchev–Trinajstić information content (AvgIpc) is 2.95. The predicted octanol–water partition coefficient (Wildman–Crippen LogP) is 3.81. The summed E-state index contributed by atoms with van der Waals surface area (Å²) < 4.78 is 0. The van der Waals surface area contributed by atoms with Gasteiger partial charge in [0.25, 0.3) is 0 Å². The van der Waals surface area contributed by atoms with Crippen molar-refractivity contribution in [1.82, 2.24) is 10.3 Å². The molecule has 0 heterocycles. The summed E-state index contributed by atoms with van der Waals surface area (Å²) in [5, 5.41) is 0.820. The molecular formula is C17H28ClN3. The van der Waals surface area contributed by atoms with Gasteiger partial charge in [0.05, 0.1) is 6.04 Å². The highest BCUT2D eigenvalue weighted by molar-refractivity contribution is 6.31. The van der Waals surface area contributed by atoms with Crippen molar-refractivity contribution in [2.45, 2.75) is 58.0 Å². The summed E-state index contributed by atoms with van der Waals surface area (Å²) >= 11 is 6.33. The lowest BCUT2D eigenvalue weighted by atomic mass is 9.82. The van der Waals surface area contributed by atoms with E-state index in [-0.39, 0.29) is 11.6 Å². The molecule has 1 aliphatic carbocycles. The molecule has 1 aromatic carbocycles. The van der Waals surface area contributed by atoms with Crippen LogP contribution in [0.3, 0.4) is 0 Å². The number of nitrogens with two attached hydrogens (primary N) is 1. The van der Waals surface area contributed by atoms with E-state index in [1.165, 1.54) is 31.2 Å². The molecule has 2 rings (SSSR count). The normalized spacial score (nSPS) is 19.1. The van der Waals surface area contributed by atoms with E-state index in [1.54, 1.807) is 0 Å². The molecule has 1 saturated carbocycles. The number of benzene rings is 1. The zero-order valence-electron chi connectivity index (χ0n) is 13.5. The number of halogens is 1. The van der Waals surface area contributed by atoms with Gasteiger partial charge in [0.15, 0.2) is 0 Å². The molecule has 3 N–H and O–H groups in total. The summed E-state index contributed by atoms with van der Waals surface area (Å²) in [4.78, 5) is 2.57. The maximum absolute atomic E-state index is 6.33. The first-order valence-corrected chi connectivity index (χ1v) is 8.44. The minimum atomic E-state index is 0.108. The molecule has 1 aliphatic rings. The molecule has 1 fully saturated rings. The summed E-state index contributed by atoms with van der Waals surface area (Å²) in [6.07, 6.45) is 4.92. The number of rotatable bonds is 6. The molecule has 0 spiro atoms. The Morgan fingerprint density at radius 3 is 2.38 bits per heavy atom. The van der Waals surface area contributed by atoms with Gasteiger partial charge in [-0.25, -0.2) is 0 Å². The third kappa shape index (κ3) is 3.11. The van der Waals surface area contributed by atoms with Crippen LogP contribution in [0.5, 0.6) is 0 Å². The Labute approximate surface area is 133 Å². The van der Waals surface area contributed by atoms with Crippen molar-refractivity contribution in [2.24, 2.45) is 5.84 Å². The van der Waals surface area contributed by atoms with E-state index in [0.29, 0.717) is 0 Å². The molecule has 3 nitrogen and oxygen atoms in total. The topological polar surface area (TPSA) is 41.3 Å². The van der Waals surface area contributed by atoms with Gasteiger partial charge < -0.3 is 0 Å². The van der Waals surface area contributed by atoms with Crippen LogP contribution in [0.4, 0.5) is 0 Å². The van der Waals surface area contributed by atoms with E-state index in [0.717, 1.165) is 23.7 Å². The van der Waals surface area contributed by atoms with Gasteiger partial charge in [0, 0.05) is 10.6 Å². The fourth-order valence-corrected chi connectivity index (χ4v) is 4.17. The van der Waals surface area contributed by atoms with Gasteiger partial charge in [0.1, 0.15) is 0 Å². The molecule has 1 atom stereocenters. The third-order valence-corrected chi connectivity index (χ3v) is 5.50. The lowest BCUT2D eigenvalue weighted by Gasteiger charge is -2.46. The van der Waals surface area contributed by atoms with Gasteiger partial charge in [-0.3, -0.25) is 16.2 Å². The third-order valence-electron chi connectivity index (χ3n) is 5.10. The molecule has 0 saturated heterocycles. The number of likely N-dealkylation sites (N-methyl/N-ethyl adjacent to an activating group) is 1. The van der Waals surface area contributed by atoms with Crippen molar-refractivity contribution in [2.75, 3.05) is 13.1 Å². The number of nitrogens with zero attached hydrogens (tertiary/aromatic N) is 1. The molecular weight excluding hydrogens is 282 g/mol. The average molecular weight is 310 g/mol. The Bertz CT molecular complexity index is 465. The standard InChI is InChI=1S/C17H28ClN3/c1-4-21(5-2)17(10-6-7-11-17)16(20-19)14-9-8-13(3)15(18)12-14/h8-9,12,16,20H,4-7,10-11,19H2,1-3H3. The summed E-state index contributed by atoms with van der Waals surface area (Å²) in [6, 6.07) is 6.45. The van der Waals surface area contributed by atoms with Crippen LogP contribution in [0.25, 0.3) is 0 Å². The molecule has 1 unspecified atom stereocenters. The summed E-state index contributed by atoms with van der Waals surface area (Å²) in [5.74, 6) is 5.99. The first-order valence-electron chi connectivity index (χ1n) is 8.06. The number of aryl methyl sites for hydroxylation is 1. The molecule has 0 bridgehead atoms. The zero-order valence-corrected chi connectivity index (χ0v) is 14.2. The largest absolute Gasteiger partial charge is 0.296 e. The van der Waals surface area contributed by atoms with Crippen molar-refractivity contribution in [3.63, 3.8) is 0 Å². The fraction of sp³-hybridized carbons (Fsp3) is 0.647. The van der Waals surface area contributed by atoms with E-state index >= 15 is 0 Å². The van der Waals surface area contributed by atoms with Gasteiger partial charge in [-0.1, -0.05) is 50.4 Å². The van der Waals surface area contributed by atoms with E-state index in [4.69, 9.17) is 17.4 Å². The molecule has 4 heteroatoms. The van der Waals surface area contributed by atoms with Crippen LogP contribution < -0.4 is 11.3 Å². The molecule has 118 valence electrons. The number of hydrogen-bond acceptors (Lipinski definition) is 3. The van der Waals surface area contributed by atoms with Crippen molar-refractivity contribution in [3.8, 4) is 0 Å². The second kappa shape index (κ2) is 7.10. The minimum absolute atomic E-state index is 0.108. The minimum Gasteiger partial charge on any atom is -0.296 e. The van der Waals surface area contributed by atoms with Crippen LogP contribution >= 0.6 is 11.6 Å². The highest BCUT2D eigenvalue weighted by Crippen LogP contribution is 2.44.